The van der Waals surface area contributed by atoms with Gasteiger partial charge in [0.2, 0.25) is 5.91 Å². The Kier molecular flexibility index (Phi) is 5.11. The van der Waals surface area contributed by atoms with E-state index >= 15 is 0 Å². The standard InChI is InChI=1S/C20H22N2O4/c1-20(2)19(24)22-18-15(10-6-11-16(18)26-20)21-17(23)12-7-13-25-14-8-4-3-5-9-14/h3-6,8-11H,7,12-13H2,1-2H3,(H,21,23)(H,22,24). The molecule has 0 fully saturated rings. The summed E-state index contributed by atoms with van der Waals surface area (Å²) in [5.74, 6) is 0.935. The van der Waals surface area contributed by atoms with Crippen LogP contribution in [0.25, 0.3) is 0 Å². The van der Waals surface area contributed by atoms with Crippen molar-refractivity contribution in [3.05, 3.63) is 48.5 Å². The van der Waals surface area contributed by atoms with Gasteiger partial charge in [-0.25, -0.2) is 0 Å². The fourth-order valence-electron chi connectivity index (χ4n) is 2.59. The van der Waals surface area contributed by atoms with E-state index in [4.69, 9.17) is 9.47 Å². The average Bonchev–Trinajstić information content (AvgIpc) is 2.61. The van der Waals surface area contributed by atoms with Crippen LogP contribution in [0.15, 0.2) is 48.5 Å². The highest BCUT2D eigenvalue weighted by molar-refractivity contribution is 6.05. The molecule has 2 aromatic carbocycles. The van der Waals surface area contributed by atoms with Crippen LogP contribution in [-0.4, -0.2) is 24.0 Å². The van der Waals surface area contributed by atoms with Gasteiger partial charge in [0, 0.05) is 6.42 Å². The first-order chi connectivity index (χ1) is 12.5. The van der Waals surface area contributed by atoms with Crippen molar-refractivity contribution < 1.29 is 19.1 Å². The van der Waals surface area contributed by atoms with Crippen LogP contribution in [0.1, 0.15) is 26.7 Å². The molecule has 1 heterocycles. The van der Waals surface area contributed by atoms with Crippen LogP contribution in [0.3, 0.4) is 0 Å². The van der Waals surface area contributed by atoms with Crippen LogP contribution >= 0.6 is 0 Å². The van der Waals surface area contributed by atoms with Crippen molar-refractivity contribution in [2.24, 2.45) is 0 Å². The van der Waals surface area contributed by atoms with Gasteiger partial charge in [0.05, 0.1) is 12.3 Å². The van der Waals surface area contributed by atoms with Crippen molar-refractivity contribution in [2.45, 2.75) is 32.3 Å². The van der Waals surface area contributed by atoms with Crippen molar-refractivity contribution in [1.82, 2.24) is 0 Å². The predicted octanol–water partition coefficient (Wildman–Crippen LogP) is 3.59. The van der Waals surface area contributed by atoms with Crippen molar-refractivity contribution in [2.75, 3.05) is 17.2 Å². The number of anilines is 2. The van der Waals surface area contributed by atoms with Crippen LogP contribution in [0.5, 0.6) is 11.5 Å². The molecule has 6 nitrogen and oxygen atoms in total. The first-order valence-corrected chi connectivity index (χ1v) is 8.57. The SMILES string of the molecule is CC1(C)Oc2cccc(NC(=O)CCCOc3ccccc3)c2NC1=O. The maximum atomic E-state index is 12.2. The summed E-state index contributed by atoms with van der Waals surface area (Å²) in [6, 6.07) is 14.8. The molecule has 0 aromatic heterocycles. The van der Waals surface area contributed by atoms with E-state index in [0.29, 0.717) is 36.6 Å². The first kappa shape index (κ1) is 17.8. The minimum Gasteiger partial charge on any atom is -0.494 e. The van der Waals surface area contributed by atoms with E-state index in [1.54, 1.807) is 32.0 Å². The second-order valence-electron chi connectivity index (χ2n) is 6.56. The van der Waals surface area contributed by atoms with Crippen molar-refractivity contribution in [1.29, 1.82) is 0 Å². The topological polar surface area (TPSA) is 76.7 Å². The van der Waals surface area contributed by atoms with Crippen LogP contribution in [0.4, 0.5) is 11.4 Å². The molecule has 0 unspecified atom stereocenters. The Balaban J connectivity index is 1.54. The average molecular weight is 354 g/mol. The van der Waals surface area contributed by atoms with Crippen LogP contribution in [-0.2, 0) is 9.59 Å². The molecule has 0 aliphatic carbocycles. The van der Waals surface area contributed by atoms with Gasteiger partial charge >= 0.3 is 0 Å². The molecule has 0 atom stereocenters. The molecule has 26 heavy (non-hydrogen) atoms. The maximum Gasteiger partial charge on any atom is 0.268 e. The minimum absolute atomic E-state index is 0.144. The van der Waals surface area contributed by atoms with E-state index in [-0.39, 0.29) is 11.8 Å². The molecule has 2 N–H and O–H groups in total. The molecule has 0 spiro atoms. The Hall–Kier alpha value is -3.02. The summed E-state index contributed by atoms with van der Waals surface area (Å²) in [5.41, 5.74) is 0.0794. The molecular weight excluding hydrogens is 332 g/mol. The van der Waals surface area contributed by atoms with Gasteiger partial charge in [-0.15, -0.1) is 0 Å². The van der Waals surface area contributed by atoms with E-state index in [9.17, 15) is 9.59 Å². The Morgan fingerprint density at radius 1 is 1.15 bits per heavy atom. The van der Waals surface area contributed by atoms with Gasteiger partial charge in [-0.05, 0) is 44.5 Å². The fourth-order valence-corrected chi connectivity index (χ4v) is 2.59. The quantitative estimate of drug-likeness (QED) is 0.777. The molecule has 2 amide bonds. The number of carbonyl (C=O) groups excluding carboxylic acids is 2. The summed E-state index contributed by atoms with van der Waals surface area (Å²) < 4.78 is 11.3. The number of hydrogen-bond donors (Lipinski definition) is 2. The molecule has 3 rings (SSSR count). The van der Waals surface area contributed by atoms with Crippen molar-refractivity contribution in [3.63, 3.8) is 0 Å². The normalized spacial score (nSPS) is 14.6. The number of carbonyl (C=O) groups is 2. The van der Waals surface area contributed by atoms with E-state index in [1.807, 2.05) is 30.3 Å². The number of nitrogens with one attached hydrogen (secondary N) is 2. The number of fused-ring (bicyclic) bond motifs is 1. The number of rotatable bonds is 6. The van der Waals surface area contributed by atoms with Gasteiger partial charge < -0.3 is 20.1 Å². The highest BCUT2D eigenvalue weighted by atomic mass is 16.5. The van der Waals surface area contributed by atoms with Gasteiger partial charge in [0.15, 0.2) is 5.60 Å². The predicted molar refractivity (Wildman–Crippen MR) is 99.6 cm³/mol. The smallest absolute Gasteiger partial charge is 0.268 e. The lowest BCUT2D eigenvalue weighted by Gasteiger charge is -2.32. The fraction of sp³-hybridized carbons (Fsp3) is 0.300. The molecule has 0 saturated heterocycles. The Bertz CT molecular complexity index is 803. The molecule has 1 aliphatic rings. The number of ether oxygens (including phenoxy) is 2. The second kappa shape index (κ2) is 7.47. The van der Waals surface area contributed by atoms with Gasteiger partial charge in [0.25, 0.3) is 5.91 Å². The van der Waals surface area contributed by atoms with E-state index < -0.39 is 5.60 Å². The van der Waals surface area contributed by atoms with Gasteiger partial charge in [-0.1, -0.05) is 24.3 Å². The van der Waals surface area contributed by atoms with E-state index in [2.05, 4.69) is 10.6 Å². The Morgan fingerprint density at radius 3 is 2.69 bits per heavy atom. The lowest BCUT2D eigenvalue weighted by atomic mass is 10.1. The lowest BCUT2D eigenvalue weighted by molar-refractivity contribution is -0.129. The lowest BCUT2D eigenvalue weighted by Crippen LogP contribution is -2.45. The summed E-state index contributed by atoms with van der Waals surface area (Å²) >= 11 is 0. The zero-order valence-corrected chi connectivity index (χ0v) is 14.9. The van der Waals surface area contributed by atoms with Gasteiger partial charge in [0.1, 0.15) is 17.2 Å². The monoisotopic (exact) mass is 354 g/mol. The zero-order valence-electron chi connectivity index (χ0n) is 14.9. The summed E-state index contributed by atoms with van der Waals surface area (Å²) in [6.07, 6.45) is 0.905. The van der Waals surface area contributed by atoms with Gasteiger partial charge in [-0.3, -0.25) is 9.59 Å². The Morgan fingerprint density at radius 2 is 1.92 bits per heavy atom. The summed E-state index contributed by atoms with van der Waals surface area (Å²) in [7, 11) is 0. The molecule has 1 aliphatic heterocycles. The summed E-state index contributed by atoms with van der Waals surface area (Å²) in [4.78, 5) is 24.3. The second-order valence-corrected chi connectivity index (χ2v) is 6.56. The number of para-hydroxylation sites is 2. The molecular formula is C20H22N2O4. The third-order valence-electron chi connectivity index (χ3n) is 4.01. The largest absolute Gasteiger partial charge is 0.494 e. The van der Waals surface area contributed by atoms with Gasteiger partial charge in [-0.2, -0.15) is 0 Å². The number of amides is 2. The van der Waals surface area contributed by atoms with Crippen LogP contribution in [0, 0.1) is 0 Å². The highest BCUT2D eigenvalue weighted by Gasteiger charge is 2.36. The van der Waals surface area contributed by atoms with Crippen LogP contribution < -0.4 is 20.1 Å². The van der Waals surface area contributed by atoms with Crippen LogP contribution in [0.2, 0.25) is 0 Å². The summed E-state index contributed by atoms with van der Waals surface area (Å²) in [6.45, 7) is 3.85. The van der Waals surface area contributed by atoms with E-state index in [0.717, 1.165) is 5.75 Å². The Labute approximate surface area is 152 Å². The summed E-state index contributed by atoms with van der Waals surface area (Å²) in [5, 5.41) is 5.64. The number of hydrogen-bond acceptors (Lipinski definition) is 4. The molecule has 0 radical (unpaired) electrons. The third-order valence-corrected chi connectivity index (χ3v) is 4.01. The van der Waals surface area contributed by atoms with E-state index in [1.165, 1.54) is 0 Å². The number of benzene rings is 2. The third kappa shape index (κ3) is 4.14. The maximum absolute atomic E-state index is 12.2. The molecule has 136 valence electrons. The van der Waals surface area contributed by atoms with Crippen molar-refractivity contribution in [3.8, 4) is 11.5 Å². The molecule has 6 heteroatoms. The first-order valence-electron chi connectivity index (χ1n) is 8.57. The zero-order chi connectivity index (χ0) is 18.6. The van der Waals surface area contributed by atoms with Crippen molar-refractivity contribution >= 4 is 23.2 Å². The minimum atomic E-state index is -0.940. The molecule has 0 saturated carbocycles. The molecule has 2 aromatic rings. The highest BCUT2D eigenvalue weighted by Crippen LogP contribution is 2.38. The molecule has 0 bridgehead atoms.